The van der Waals surface area contributed by atoms with E-state index in [2.05, 4.69) is 10.2 Å². The molecule has 3 aromatic rings. The van der Waals surface area contributed by atoms with E-state index in [1.54, 1.807) is 18.2 Å². The fourth-order valence-corrected chi connectivity index (χ4v) is 3.24. The summed E-state index contributed by atoms with van der Waals surface area (Å²) in [7, 11) is -4.50. The van der Waals surface area contributed by atoms with E-state index in [0.717, 1.165) is 18.2 Å². The van der Waals surface area contributed by atoms with Crippen LogP contribution >= 0.6 is 11.6 Å². The Labute approximate surface area is 177 Å². The second-order valence-electron chi connectivity index (χ2n) is 5.12. The maximum atomic E-state index is 13.1. The smallest absolute Gasteiger partial charge is 1.00 e. The molecule has 10 heteroatoms. The molecule has 3 aromatic carbocycles. The average Bonchev–Trinajstić information content (AvgIpc) is 2.54. The zero-order valence-electron chi connectivity index (χ0n) is 14.5. The second-order valence-corrected chi connectivity index (χ2v) is 6.92. The van der Waals surface area contributed by atoms with Crippen LogP contribution in [0, 0.1) is 5.82 Å². The topological polar surface area (TPSA) is 105 Å². The third-order valence-corrected chi connectivity index (χ3v) is 4.68. The van der Waals surface area contributed by atoms with Crippen LogP contribution in [-0.2, 0) is 10.1 Å². The molecule has 0 bridgehead atoms. The molecular formula is C16H12ClFN3NaO3S. The molecular weight excluding hydrogens is 392 g/mol. The predicted octanol–water partition coefficient (Wildman–Crippen LogP) is 1.99. The minimum absolute atomic E-state index is 0. The number of hydrogen-bond donors (Lipinski definition) is 2. The monoisotopic (exact) mass is 403 g/mol. The molecule has 130 valence electrons. The first-order valence-electron chi connectivity index (χ1n) is 6.93. The van der Waals surface area contributed by atoms with Crippen molar-refractivity contribution in [1.82, 2.24) is 0 Å². The molecule has 0 amide bonds. The molecule has 3 rings (SSSR count). The molecule has 0 aliphatic heterocycles. The fourth-order valence-electron chi connectivity index (χ4n) is 2.32. The molecule has 0 aliphatic carbocycles. The first-order valence-corrected chi connectivity index (χ1v) is 8.74. The SMILES string of the molecule is Nc1c(N=Nc2ccc(F)cc2Cl)cc(S(=O)(=O)O)c2ccccc12.[H-].[Na+]. The summed E-state index contributed by atoms with van der Waals surface area (Å²) in [5, 5.41) is 8.49. The third kappa shape index (κ3) is 4.22. The van der Waals surface area contributed by atoms with Gasteiger partial charge in [0.25, 0.3) is 10.1 Å². The van der Waals surface area contributed by atoms with Crippen LogP contribution in [0.3, 0.4) is 0 Å². The van der Waals surface area contributed by atoms with Crippen molar-refractivity contribution >= 4 is 49.6 Å². The molecule has 3 N–H and O–H groups in total. The van der Waals surface area contributed by atoms with Gasteiger partial charge in [0, 0.05) is 10.8 Å². The standard InChI is InChI=1S/C16H11ClFN3O3S.Na.H/c17-12-7-9(18)5-6-13(12)20-21-14-8-15(25(22,23)24)10-3-1-2-4-11(10)16(14)19;;/h1-8H,19H2,(H,22,23,24);;/q;+1;-1. The van der Waals surface area contributed by atoms with Crippen LogP contribution < -0.4 is 35.3 Å². The van der Waals surface area contributed by atoms with E-state index in [1.807, 2.05) is 0 Å². The quantitative estimate of drug-likeness (QED) is 0.302. The minimum atomic E-state index is -4.50. The van der Waals surface area contributed by atoms with Crippen molar-refractivity contribution in [3.8, 4) is 0 Å². The van der Waals surface area contributed by atoms with Crippen molar-refractivity contribution in [2.75, 3.05) is 5.73 Å². The summed E-state index contributed by atoms with van der Waals surface area (Å²) in [4.78, 5) is -0.337. The van der Waals surface area contributed by atoms with Crippen LogP contribution in [0.2, 0.25) is 5.02 Å². The summed E-state index contributed by atoms with van der Waals surface area (Å²) in [5.41, 5.74) is 6.44. The zero-order valence-corrected chi connectivity index (χ0v) is 17.1. The van der Waals surface area contributed by atoms with Crippen LogP contribution in [-0.4, -0.2) is 13.0 Å². The van der Waals surface area contributed by atoms with E-state index in [9.17, 15) is 17.4 Å². The van der Waals surface area contributed by atoms with Crippen molar-refractivity contribution in [1.29, 1.82) is 0 Å². The summed E-state index contributed by atoms with van der Waals surface area (Å²) >= 11 is 5.87. The van der Waals surface area contributed by atoms with Crippen LogP contribution in [0.5, 0.6) is 0 Å². The Bertz CT molecular complexity index is 1130. The molecule has 0 aromatic heterocycles. The molecule has 0 heterocycles. The van der Waals surface area contributed by atoms with Gasteiger partial charge in [-0.25, -0.2) is 4.39 Å². The van der Waals surface area contributed by atoms with Gasteiger partial charge in [0.1, 0.15) is 22.1 Å². The van der Waals surface area contributed by atoms with Gasteiger partial charge in [0.2, 0.25) is 0 Å². The van der Waals surface area contributed by atoms with Crippen molar-refractivity contribution in [2.24, 2.45) is 10.2 Å². The Morgan fingerprint density at radius 1 is 1.04 bits per heavy atom. The number of azo groups is 1. The van der Waals surface area contributed by atoms with E-state index >= 15 is 0 Å². The van der Waals surface area contributed by atoms with Crippen LogP contribution in [0.1, 0.15) is 1.43 Å². The van der Waals surface area contributed by atoms with Crippen molar-refractivity contribution < 1.29 is 48.3 Å². The van der Waals surface area contributed by atoms with Gasteiger partial charge < -0.3 is 7.16 Å². The molecule has 0 spiro atoms. The predicted molar refractivity (Wildman–Crippen MR) is 94.9 cm³/mol. The van der Waals surface area contributed by atoms with E-state index in [1.165, 1.54) is 12.1 Å². The van der Waals surface area contributed by atoms with Gasteiger partial charge in [-0.1, -0.05) is 35.9 Å². The molecule has 26 heavy (non-hydrogen) atoms. The number of benzene rings is 3. The van der Waals surface area contributed by atoms with Crippen LogP contribution in [0.4, 0.5) is 21.5 Å². The summed E-state index contributed by atoms with van der Waals surface area (Å²) in [6, 6.07) is 11.1. The Morgan fingerprint density at radius 3 is 2.27 bits per heavy atom. The Hall–Kier alpha value is -1.55. The summed E-state index contributed by atoms with van der Waals surface area (Å²) in [5.74, 6) is -0.525. The normalized spacial score (nSPS) is 11.7. The third-order valence-electron chi connectivity index (χ3n) is 3.48. The van der Waals surface area contributed by atoms with E-state index in [-0.39, 0.29) is 63.4 Å². The fraction of sp³-hybridized carbons (Fsp3) is 0. The molecule has 0 fully saturated rings. The van der Waals surface area contributed by atoms with Crippen LogP contribution in [0.15, 0.2) is 63.7 Å². The molecule has 0 saturated carbocycles. The van der Waals surface area contributed by atoms with Gasteiger partial charge in [-0.2, -0.15) is 8.42 Å². The Morgan fingerprint density at radius 2 is 1.65 bits per heavy atom. The first-order chi connectivity index (χ1) is 11.8. The number of nitrogens with two attached hydrogens (primary N) is 1. The van der Waals surface area contributed by atoms with Gasteiger partial charge in [-0.15, -0.1) is 10.2 Å². The number of hydrogen-bond acceptors (Lipinski definition) is 5. The average molecular weight is 404 g/mol. The summed E-state index contributed by atoms with van der Waals surface area (Å²) in [6.07, 6.45) is 0. The molecule has 0 radical (unpaired) electrons. The van der Waals surface area contributed by atoms with Gasteiger partial charge in [-0.05, 0) is 24.3 Å². The summed E-state index contributed by atoms with van der Waals surface area (Å²) < 4.78 is 45.8. The molecule has 0 aliphatic rings. The Balaban J connectivity index is 0.00000182. The number of nitrogens with zero attached hydrogens (tertiary/aromatic N) is 2. The Kier molecular flexibility index (Phi) is 6.38. The van der Waals surface area contributed by atoms with E-state index in [0.29, 0.717) is 5.39 Å². The maximum Gasteiger partial charge on any atom is 1.00 e. The molecule has 0 saturated heterocycles. The number of anilines is 1. The van der Waals surface area contributed by atoms with Gasteiger partial charge >= 0.3 is 29.6 Å². The number of nitrogen functional groups attached to an aromatic ring is 1. The van der Waals surface area contributed by atoms with E-state index in [4.69, 9.17) is 17.3 Å². The number of halogens is 2. The second kappa shape index (κ2) is 7.99. The van der Waals surface area contributed by atoms with Crippen molar-refractivity contribution in [3.05, 3.63) is 59.4 Å². The minimum Gasteiger partial charge on any atom is -1.00 e. The molecule has 0 unspecified atom stereocenters. The molecule has 0 atom stereocenters. The van der Waals surface area contributed by atoms with E-state index < -0.39 is 15.9 Å². The molecule has 6 nitrogen and oxygen atoms in total. The first kappa shape index (κ1) is 20.8. The van der Waals surface area contributed by atoms with Crippen molar-refractivity contribution in [2.45, 2.75) is 4.90 Å². The maximum absolute atomic E-state index is 13.1. The van der Waals surface area contributed by atoms with Gasteiger partial charge in [0.15, 0.2) is 0 Å². The summed E-state index contributed by atoms with van der Waals surface area (Å²) in [6.45, 7) is 0. The number of rotatable bonds is 3. The number of fused-ring (bicyclic) bond motifs is 1. The van der Waals surface area contributed by atoms with Gasteiger partial charge in [-0.3, -0.25) is 4.55 Å². The zero-order chi connectivity index (χ0) is 18.2. The largest absolute Gasteiger partial charge is 1.00 e. The van der Waals surface area contributed by atoms with Crippen LogP contribution in [0.25, 0.3) is 10.8 Å². The van der Waals surface area contributed by atoms with Gasteiger partial charge in [0.05, 0.1) is 10.7 Å². The van der Waals surface area contributed by atoms with Crippen molar-refractivity contribution in [3.63, 3.8) is 0 Å².